The van der Waals surface area contributed by atoms with Gasteiger partial charge in [0.2, 0.25) is 0 Å². The van der Waals surface area contributed by atoms with Crippen LogP contribution in [0.5, 0.6) is 0 Å². The second-order valence-corrected chi connectivity index (χ2v) is 6.89. The lowest BCUT2D eigenvalue weighted by atomic mass is 10.1. The Balaban J connectivity index is 2.05. The maximum absolute atomic E-state index is 11.1. The molecular weight excluding hydrogens is 312 g/mol. The lowest BCUT2D eigenvalue weighted by Crippen LogP contribution is -1.99. The van der Waals surface area contributed by atoms with Crippen LogP contribution in [0.25, 0.3) is 0 Å². The third kappa shape index (κ3) is 9.39. The summed E-state index contributed by atoms with van der Waals surface area (Å²) in [6.07, 6.45) is 9.56. The monoisotopic (exact) mass is 340 g/mol. The first-order valence-electron chi connectivity index (χ1n) is 8.37. The molecule has 0 radical (unpaired) electrons. The largest absolute Gasteiger partial charge is 0.469 e. The third-order valence-corrected chi connectivity index (χ3v) is 4.99. The third-order valence-electron chi connectivity index (χ3n) is 3.78. The van der Waals surface area contributed by atoms with Gasteiger partial charge in [0.1, 0.15) is 0 Å². The van der Waals surface area contributed by atoms with Gasteiger partial charge in [-0.1, -0.05) is 19.3 Å². The van der Waals surface area contributed by atoms with Gasteiger partial charge in [0, 0.05) is 22.6 Å². The highest BCUT2D eigenvalue weighted by atomic mass is 32.1. The van der Waals surface area contributed by atoms with Gasteiger partial charge >= 0.3 is 11.9 Å². The van der Waals surface area contributed by atoms with Crippen molar-refractivity contribution in [2.45, 2.75) is 64.2 Å². The molecule has 5 heteroatoms. The molecule has 0 aliphatic carbocycles. The van der Waals surface area contributed by atoms with Gasteiger partial charge in [-0.15, -0.1) is 11.3 Å². The highest BCUT2D eigenvalue weighted by Crippen LogP contribution is 2.21. The number of carbonyl (C=O) groups is 2. The quantitative estimate of drug-likeness (QED) is 0.420. The fourth-order valence-corrected chi connectivity index (χ4v) is 3.50. The number of hydrogen-bond acceptors (Lipinski definition) is 5. The van der Waals surface area contributed by atoms with E-state index >= 15 is 0 Å². The second kappa shape index (κ2) is 12.1. The van der Waals surface area contributed by atoms with E-state index in [2.05, 4.69) is 21.6 Å². The minimum absolute atomic E-state index is 0.108. The average molecular weight is 340 g/mol. The molecule has 0 amide bonds. The van der Waals surface area contributed by atoms with Gasteiger partial charge in [0.05, 0.1) is 14.2 Å². The minimum Gasteiger partial charge on any atom is -0.469 e. The molecule has 0 bridgehead atoms. The zero-order chi connectivity index (χ0) is 16.9. The van der Waals surface area contributed by atoms with E-state index in [1.165, 1.54) is 43.2 Å². The zero-order valence-electron chi connectivity index (χ0n) is 14.3. The topological polar surface area (TPSA) is 52.6 Å². The van der Waals surface area contributed by atoms with Gasteiger partial charge in [0.15, 0.2) is 0 Å². The van der Waals surface area contributed by atoms with E-state index in [4.69, 9.17) is 0 Å². The molecule has 0 fully saturated rings. The molecule has 1 rings (SSSR count). The first-order chi connectivity index (χ1) is 11.2. The SMILES string of the molecule is COC(=O)CCCCCCCc1ccc(CCCC(=O)OC)s1. The summed E-state index contributed by atoms with van der Waals surface area (Å²) in [4.78, 5) is 24.8. The van der Waals surface area contributed by atoms with Crippen molar-refractivity contribution in [3.8, 4) is 0 Å². The molecule has 0 aliphatic heterocycles. The summed E-state index contributed by atoms with van der Waals surface area (Å²) in [6.45, 7) is 0. The Hall–Kier alpha value is -1.36. The smallest absolute Gasteiger partial charge is 0.305 e. The summed E-state index contributed by atoms with van der Waals surface area (Å²) >= 11 is 1.85. The number of methoxy groups -OCH3 is 2. The Morgan fingerprint density at radius 3 is 1.87 bits per heavy atom. The lowest BCUT2D eigenvalue weighted by molar-refractivity contribution is -0.141. The van der Waals surface area contributed by atoms with Crippen molar-refractivity contribution in [2.75, 3.05) is 14.2 Å². The Bertz CT molecular complexity index is 467. The van der Waals surface area contributed by atoms with E-state index in [9.17, 15) is 9.59 Å². The summed E-state index contributed by atoms with van der Waals surface area (Å²) in [5, 5.41) is 0. The zero-order valence-corrected chi connectivity index (χ0v) is 15.1. The molecule has 1 aromatic rings. The molecule has 0 aromatic carbocycles. The molecule has 0 saturated carbocycles. The molecule has 0 spiro atoms. The average Bonchev–Trinajstić information content (AvgIpc) is 3.01. The van der Waals surface area contributed by atoms with E-state index in [0.29, 0.717) is 12.8 Å². The van der Waals surface area contributed by atoms with Crippen molar-refractivity contribution in [1.29, 1.82) is 0 Å². The molecular formula is C18H28O4S. The van der Waals surface area contributed by atoms with Gasteiger partial charge in [-0.2, -0.15) is 0 Å². The van der Waals surface area contributed by atoms with Crippen LogP contribution in [0.3, 0.4) is 0 Å². The molecule has 1 aromatic heterocycles. The van der Waals surface area contributed by atoms with Gasteiger partial charge in [0.25, 0.3) is 0 Å². The maximum Gasteiger partial charge on any atom is 0.305 e. The van der Waals surface area contributed by atoms with E-state index in [1.54, 1.807) is 0 Å². The molecule has 0 unspecified atom stereocenters. The molecule has 23 heavy (non-hydrogen) atoms. The van der Waals surface area contributed by atoms with Crippen LogP contribution in [0.1, 0.15) is 61.1 Å². The van der Waals surface area contributed by atoms with Gasteiger partial charge < -0.3 is 9.47 Å². The normalized spacial score (nSPS) is 10.5. The van der Waals surface area contributed by atoms with E-state index < -0.39 is 0 Å². The number of ether oxygens (including phenoxy) is 2. The predicted molar refractivity (Wildman–Crippen MR) is 92.7 cm³/mol. The van der Waals surface area contributed by atoms with E-state index in [-0.39, 0.29) is 11.9 Å². The summed E-state index contributed by atoms with van der Waals surface area (Å²) < 4.78 is 9.27. The molecule has 0 aliphatic rings. The van der Waals surface area contributed by atoms with Crippen LogP contribution in [-0.2, 0) is 31.9 Å². The predicted octanol–water partition coefficient (Wildman–Crippen LogP) is 4.30. The first-order valence-corrected chi connectivity index (χ1v) is 9.18. The number of rotatable bonds is 12. The van der Waals surface area contributed by atoms with Crippen LogP contribution in [0, 0.1) is 0 Å². The number of hydrogen-bond donors (Lipinski definition) is 0. The van der Waals surface area contributed by atoms with Crippen molar-refractivity contribution < 1.29 is 19.1 Å². The molecule has 0 N–H and O–H groups in total. The van der Waals surface area contributed by atoms with Crippen LogP contribution in [0.2, 0.25) is 0 Å². The fraction of sp³-hybridized carbons (Fsp3) is 0.667. The van der Waals surface area contributed by atoms with Crippen LogP contribution in [0.4, 0.5) is 0 Å². The number of aryl methyl sites for hydroxylation is 2. The molecule has 130 valence electrons. The number of thiophene rings is 1. The highest BCUT2D eigenvalue weighted by molar-refractivity contribution is 7.11. The van der Waals surface area contributed by atoms with Gasteiger partial charge in [-0.05, 0) is 44.2 Å². The summed E-state index contributed by atoms with van der Waals surface area (Å²) in [5.74, 6) is -0.239. The minimum atomic E-state index is -0.131. The maximum atomic E-state index is 11.1. The van der Waals surface area contributed by atoms with Gasteiger partial charge in [-0.25, -0.2) is 0 Å². The fourth-order valence-electron chi connectivity index (χ4n) is 2.40. The Morgan fingerprint density at radius 2 is 1.26 bits per heavy atom. The van der Waals surface area contributed by atoms with Crippen molar-refractivity contribution in [3.63, 3.8) is 0 Å². The van der Waals surface area contributed by atoms with Crippen molar-refractivity contribution in [2.24, 2.45) is 0 Å². The molecule has 1 heterocycles. The summed E-state index contributed by atoms with van der Waals surface area (Å²) in [7, 11) is 2.87. The Labute approximate surface area is 143 Å². The van der Waals surface area contributed by atoms with Gasteiger partial charge in [-0.3, -0.25) is 9.59 Å². The van der Waals surface area contributed by atoms with E-state index in [0.717, 1.165) is 32.1 Å². The van der Waals surface area contributed by atoms with Crippen LogP contribution in [0.15, 0.2) is 12.1 Å². The van der Waals surface area contributed by atoms with Crippen molar-refractivity contribution in [3.05, 3.63) is 21.9 Å². The van der Waals surface area contributed by atoms with Crippen LogP contribution < -0.4 is 0 Å². The van der Waals surface area contributed by atoms with Crippen molar-refractivity contribution in [1.82, 2.24) is 0 Å². The Kier molecular flexibility index (Phi) is 10.4. The molecule has 0 atom stereocenters. The lowest BCUT2D eigenvalue weighted by Gasteiger charge is -2.01. The summed E-state index contributed by atoms with van der Waals surface area (Å²) in [6, 6.07) is 4.38. The number of unbranched alkanes of at least 4 members (excludes halogenated alkanes) is 4. The molecule has 0 saturated heterocycles. The van der Waals surface area contributed by atoms with E-state index in [1.807, 2.05) is 11.3 Å². The van der Waals surface area contributed by atoms with Crippen LogP contribution in [-0.4, -0.2) is 26.2 Å². The first kappa shape index (κ1) is 19.7. The standard InChI is InChI=1S/C18H28O4S/c1-21-17(19)11-7-5-3-4-6-9-15-13-14-16(23-15)10-8-12-18(20)22-2/h13-14H,3-12H2,1-2H3. The number of carbonyl (C=O) groups excluding carboxylic acids is 2. The summed E-state index contributed by atoms with van der Waals surface area (Å²) in [5.41, 5.74) is 0. The van der Waals surface area contributed by atoms with Crippen molar-refractivity contribution >= 4 is 23.3 Å². The molecule has 4 nitrogen and oxygen atoms in total. The highest BCUT2D eigenvalue weighted by Gasteiger charge is 2.04. The number of esters is 2. The second-order valence-electron chi connectivity index (χ2n) is 5.64. The van der Waals surface area contributed by atoms with Crippen LogP contribution >= 0.6 is 11.3 Å². The Morgan fingerprint density at radius 1 is 0.783 bits per heavy atom.